The van der Waals surface area contributed by atoms with E-state index < -0.39 is 0 Å². The van der Waals surface area contributed by atoms with Gasteiger partial charge in [0.25, 0.3) is 0 Å². The molecule has 4 rings (SSSR count). The van der Waals surface area contributed by atoms with Crippen LogP contribution >= 0.6 is 11.3 Å². The number of hydrogen-bond donors (Lipinski definition) is 1. The van der Waals surface area contributed by atoms with Gasteiger partial charge >= 0.3 is 6.01 Å². The van der Waals surface area contributed by atoms with Crippen molar-refractivity contribution in [2.75, 3.05) is 12.4 Å². The average Bonchev–Trinajstić information content (AvgIpc) is 3.09. The number of thiazole rings is 1. The van der Waals surface area contributed by atoms with Crippen molar-refractivity contribution in [1.82, 2.24) is 9.97 Å². The lowest BCUT2D eigenvalue weighted by molar-refractivity contribution is 0.415. The Morgan fingerprint density at radius 2 is 2.00 bits per heavy atom. The fraction of sp³-hybridized carbons (Fsp3) is 0.176. The first kappa shape index (κ1) is 14.0. The van der Waals surface area contributed by atoms with E-state index in [1.54, 1.807) is 18.4 Å². The molecule has 0 spiro atoms. The number of fused-ring (bicyclic) bond motifs is 2. The minimum Gasteiger partial charge on any atom is -0.497 e. The number of rotatable bonds is 3. The monoisotopic (exact) mass is 325 g/mol. The van der Waals surface area contributed by atoms with Crippen LogP contribution in [0.4, 0.5) is 11.1 Å². The molecule has 0 atom stereocenters. The van der Waals surface area contributed by atoms with Crippen LogP contribution in [-0.2, 0) is 0 Å². The smallest absolute Gasteiger partial charge is 0.302 e. The Balaban J connectivity index is 1.71. The van der Waals surface area contributed by atoms with Crippen LogP contribution in [0.1, 0.15) is 11.1 Å². The number of oxazole rings is 1. The molecule has 2 heterocycles. The number of hydrogen-bond acceptors (Lipinski definition) is 6. The predicted molar refractivity (Wildman–Crippen MR) is 92.9 cm³/mol. The predicted octanol–water partition coefficient (Wildman–Crippen LogP) is 4.81. The van der Waals surface area contributed by atoms with E-state index in [4.69, 9.17) is 9.15 Å². The summed E-state index contributed by atoms with van der Waals surface area (Å²) in [7, 11) is 1.63. The molecule has 2 aromatic heterocycles. The highest BCUT2D eigenvalue weighted by molar-refractivity contribution is 7.22. The molecule has 0 saturated carbocycles. The Kier molecular flexibility index (Phi) is 3.20. The Morgan fingerprint density at radius 3 is 2.83 bits per heavy atom. The molecule has 6 heteroatoms. The second-order valence-corrected chi connectivity index (χ2v) is 6.46. The molecule has 0 bridgehead atoms. The first-order valence-electron chi connectivity index (χ1n) is 7.22. The first-order valence-corrected chi connectivity index (χ1v) is 8.03. The first-order chi connectivity index (χ1) is 11.1. The number of aryl methyl sites for hydroxylation is 2. The van der Waals surface area contributed by atoms with E-state index >= 15 is 0 Å². The molecule has 0 saturated heterocycles. The molecule has 0 radical (unpaired) electrons. The number of ether oxygens (including phenoxy) is 1. The molecule has 1 N–H and O–H groups in total. The maximum Gasteiger partial charge on any atom is 0.302 e. The largest absolute Gasteiger partial charge is 0.497 e. The second kappa shape index (κ2) is 5.24. The Labute approximate surface area is 136 Å². The van der Waals surface area contributed by atoms with Crippen molar-refractivity contribution in [3.63, 3.8) is 0 Å². The zero-order chi connectivity index (χ0) is 16.0. The van der Waals surface area contributed by atoms with Crippen LogP contribution in [0.2, 0.25) is 0 Å². The molecule has 23 heavy (non-hydrogen) atoms. The highest BCUT2D eigenvalue weighted by atomic mass is 32.1. The van der Waals surface area contributed by atoms with E-state index in [1.165, 1.54) is 11.1 Å². The van der Waals surface area contributed by atoms with Crippen LogP contribution in [0.15, 0.2) is 34.7 Å². The van der Waals surface area contributed by atoms with Crippen molar-refractivity contribution in [3.8, 4) is 5.75 Å². The average molecular weight is 325 g/mol. The SMILES string of the molecule is COc1ccc2oc(Nc3nc4c(C)cc(C)cc4s3)nc2c1. The lowest BCUT2D eigenvalue weighted by Gasteiger charge is -1.95. The molecule has 0 aliphatic heterocycles. The Morgan fingerprint density at radius 1 is 1.13 bits per heavy atom. The van der Waals surface area contributed by atoms with Crippen LogP contribution in [0.25, 0.3) is 21.3 Å². The van der Waals surface area contributed by atoms with Gasteiger partial charge in [-0.3, -0.25) is 5.32 Å². The maximum atomic E-state index is 5.71. The van der Waals surface area contributed by atoms with E-state index in [2.05, 4.69) is 41.3 Å². The molecular formula is C17H15N3O2S. The summed E-state index contributed by atoms with van der Waals surface area (Å²) in [6.07, 6.45) is 0. The fourth-order valence-corrected chi connectivity index (χ4v) is 3.63. The quantitative estimate of drug-likeness (QED) is 0.586. The molecule has 116 valence electrons. The van der Waals surface area contributed by atoms with E-state index in [1.807, 2.05) is 18.2 Å². The normalized spacial score (nSPS) is 11.3. The number of benzene rings is 2. The van der Waals surface area contributed by atoms with Crippen molar-refractivity contribution in [1.29, 1.82) is 0 Å². The van der Waals surface area contributed by atoms with E-state index in [0.717, 1.165) is 26.6 Å². The van der Waals surface area contributed by atoms with Crippen LogP contribution < -0.4 is 10.1 Å². The van der Waals surface area contributed by atoms with Gasteiger partial charge < -0.3 is 9.15 Å². The van der Waals surface area contributed by atoms with Gasteiger partial charge in [0.2, 0.25) is 0 Å². The van der Waals surface area contributed by atoms with Gasteiger partial charge in [-0.05, 0) is 43.2 Å². The van der Waals surface area contributed by atoms with Gasteiger partial charge in [0, 0.05) is 6.07 Å². The maximum absolute atomic E-state index is 5.71. The summed E-state index contributed by atoms with van der Waals surface area (Å²) in [4.78, 5) is 9.07. The number of anilines is 2. The highest BCUT2D eigenvalue weighted by Gasteiger charge is 2.11. The minimum absolute atomic E-state index is 0.432. The summed E-state index contributed by atoms with van der Waals surface area (Å²) in [5.74, 6) is 0.753. The van der Waals surface area contributed by atoms with Gasteiger partial charge in [-0.15, -0.1) is 0 Å². The molecular weight excluding hydrogens is 310 g/mol. The lowest BCUT2D eigenvalue weighted by atomic mass is 10.1. The summed E-state index contributed by atoms with van der Waals surface area (Å²) in [6.45, 7) is 4.16. The number of nitrogens with zero attached hydrogens (tertiary/aromatic N) is 2. The van der Waals surface area contributed by atoms with E-state index in [9.17, 15) is 0 Å². The fourth-order valence-electron chi connectivity index (χ4n) is 2.60. The third-order valence-corrected chi connectivity index (χ3v) is 4.56. The van der Waals surface area contributed by atoms with Gasteiger partial charge in [-0.25, -0.2) is 4.98 Å². The topological polar surface area (TPSA) is 60.2 Å². The zero-order valence-corrected chi connectivity index (χ0v) is 13.8. The van der Waals surface area contributed by atoms with Crippen LogP contribution in [0, 0.1) is 13.8 Å². The summed E-state index contributed by atoms with van der Waals surface area (Å²) < 4.78 is 12.1. The number of nitrogens with one attached hydrogen (secondary N) is 1. The standard InChI is InChI=1S/C17H15N3O2S/c1-9-6-10(2)15-14(7-9)23-17(19-15)20-16-18-12-8-11(21-3)4-5-13(12)22-16/h4-8H,1-3H3,(H,18,19,20). The van der Waals surface area contributed by atoms with Crippen molar-refractivity contribution in [3.05, 3.63) is 41.5 Å². The molecule has 0 fully saturated rings. The molecule has 5 nitrogen and oxygen atoms in total. The van der Waals surface area contributed by atoms with Gasteiger partial charge in [-0.2, -0.15) is 4.98 Å². The molecule has 4 aromatic rings. The van der Waals surface area contributed by atoms with Gasteiger partial charge in [0.05, 0.1) is 17.3 Å². The second-order valence-electron chi connectivity index (χ2n) is 5.43. The Hall–Kier alpha value is -2.60. The van der Waals surface area contributed by atoms with Gasteiger partial charge in [-0.1, -0.05) is 17.4 Å². The Bertz CT molecular complexity index is 1020. The minimum atomic E-state index is 0.432. The number of methoxy groups -OCH3 is 1. The summed E-state index contributed by atoms with van der Waals surface area (Å²) in [5.41, 5.74) is 4.88. The van der Waals surface area contributed by atoms with Gasteiger partial charge in [0.1, 0.15) is 11.3 Å². The highest BCUT2D eigenvalue weighted by Crippen LogP contribution is 2.32. The lowest BCUT2D eigenvalue weighted by Crippen LogP contribution is -1.88. The molecule has 0 unspecified atom stereocenters. The zero-order valence-electron chi connectivity index (χ0n) is 13.0. The van der Waals surface area contributed by atoms with Crippen LogP contribution in [0.3, 0.4) is 0 Å². The number of aromatic nitrogens is 2. The van der Waals surface area contributed by atoms with Crippen molar-refractivity contribution >= 4 is 43.8 Å². The summed E-state index contributed by atoms with van der Waals surface area (Å²) in [6, 6.07) is 10.2. The van der Waals surface area contributed by atoms with E-state index in [0.29, 0.717) is 11.6 Å². The molecule has 2 aromatic carbocycles. The van der Waals surface area contributed by atoms with E-state index in [-0.39, 0.29) is 0 Å². The third-order valence-electron chi connectivity index (χ3n) is 3.64. The summed E-state index contributed by atoms with van der Waals surface area (Å²) in [5, 5.41) is 3.93. The molecule has 0 aliphatic carbocycles. The van der Waals surface area contributed by atoms with Crippen molar-refractivity contribution < 1.29 is 9.15 Å². The summed E-state index contributed by atoms with van der Waals surface area (Å²) >= 11 is 1.59. The van der Waals surface area contributed by atoms with Crippen LogP contribution in [-0.4, -0.2) is 17.1 Å². The third kappa shape index (κ3) is 2.51. The van der Waals surface area contributed by atoms with Gasteiger partial charge in [0.15, 0.2) is 10.7 Å². The molecule has 0 amide bonds. The molecule has 0 aliphatic rings. The van der Waals surface area contributed by atoms with Crippen molar-refractivity contribution in [2.24, 2.45) is 0 Å². The van der Waals surface area contributed by atoms with Crippen LogP contribution in [0.5, 0.6) is 5.75 Å². The van der Waals surface area contributed by atoms with Crippen molar-refractivity contribution in [2.45, 2.75) is 13.8 Å².